The molecule has 1 aliphatic heterocycles. The van der Waals surface area contributed by atoms with Gasteiger partial charge in [0.1, 0.15) is 0 Å². The molecule has 1 aromatic rings. The maximum atomic E-state index is 11.8. The van der Waals surface area contributed by atoms with E-state index in [9.17, 15) is 18.5 Å². The van der Waals surface area contributed by atoms with Crippen molar-refractivity contribution in [2.45, 2.75) is 32.4 Å². The van der Waals surface area contributed by atoms with Crippen LogP contribution in [0.3, 0.4) is 0 Å². The highest BCUT2D eigenvalue weighted by Gasteiger charge is 2.26. The zero-order chi connectivity index (χ0) is 16.2. The molecular formula is C14H21N3O4S. The van der Waals surface area contributed by atoms with Gasteiger partial charge in [-0.3, -0.25) is 10.1 Å². The molecule has 0 aliphatic carbocycles. The van der Waals surface area contributed by atoms with Crippen LogP contribution in [0.2, 0.25) is 0 Å². The van der Waals surface area contributed by atoms with Crippen LogP contribution in [-0.4, -0.2) is 42.5 Å². The third-order valence-electron chi connectivity index (χ3n) is 3.93. The zero-order valence-electron chi connectivity index (χ0n) is 12.6. The molecule has 1 saturated heterocycles. The highest BCUT2D eigenvalue weighted by molar-refractivity contribution is 7.89. The third-order valence-corrected chi connectivity index (χ3v) is 5.81. The lowest BCUT2D eigenvalue weighted by Crippen LogP contribution is -2.45. The Labute approximate surface area is 130 Å². The fourth-order valence-electron chi connectivity index (χ4n) is 2.56. The van der Waals surface area contributed by atoms with Crippen molar-refractivity contribution in [1.82, 2.24) is 9.62 Å². The monoisotopic (exact) mass is 327 g/mol. The summed E-state index contributed by atoms with van der Waals surface area (Å²) in [5, 5.41) is 14.1. The molecule has 1 heterocycles. The van der Waals surface area contributed by atoms with E-state index in [1.807, 2.05) is 6.07 Å². The first-order chi connectivity index (χ1) is 10.4. The molecule has 7 nitrogen and oxygen atoms in total. The second-order valence-electron chi connectivity index (χ2n) is 5.38. The number of hydrogen-bond donors (Lipinski definition) is 1. The molecule has 22 heavy (non-hydrogen) atoms. The van der Waals surface area contributed by atoms with Crippen molar-refractivity contribution in [3.8, 4) is 0 Å². The van der Waals surface area contributed by atoms with E-state index in [1.54, 1.807) is 23.4 Å². The lowest BCUT2D eigenvalue weighted by Gasteiger charge is -2.31. The molecule has 0 unspecified atom stereocenters. The average molecular weight is 327 g/mol. The number of piperidine rings is 1. The minimum atomic E-state index is -3.10. The van der Waals surface area contributed by atoms with E-state index < -0.39 is 14.9 Å². The Kier molecular flexibility index (Phi) is 5.49. The smallest absolute Gasteiger partial charge is 0.269 e. The summed E-state index contributed by atoms with van der Waals surface area (Å²) in [6.45, 7) is 3.26. The minimum absolute atomic E-state index is 0.0863. The number of sulfonamides is 1. The topological polar surface area (TPSA) is 92.6 Å². The number of nitrogens with zero attached hydrogens (tertiary/aromatic N) is 2. The highest BCUT2D eigenvalue weighted by atomic mass is 32.2. The van der Waals surface area contributed by atoms with Crippen LogP contribution in [-0.2, 0) is 16.6 Å². The van der Waals surface area contributed by atoms with Gasteiger partial charge in [-0.15, -0.1) is 0 Å². The predicted octanol–water partition coefficient (Wildman–Crippen LogP) is 1.50. The number of nitro benzene ring substituents is 1. The van der Waals surface area contributed by atoms with Gasteiger partial charge in [0.25, 0.3) is 5.69 Å². The molecule has 0 spiro atoms. The Morgan fingerprint density at radius 2 is 2.05 bits per heavy atom. The number of non-ortho nitro benzene ring substituents is 1. The van der Waals surface area contributed by atoms with E-state index in [0.29, 0.717) is 19.6 Å². The van der Waals surface area contributed by atoms with Crippen molar-refractivity contribution in [1.29, 1.82) is 0 Å². The van der Waals surface area contributed by atoms with Gasteiger partial charge in [0.15, 0.2) is 0 Å². The van der Waals surface area contributed by atoms with Crippen molar-refractivity contribution in [3.63, 3.8) is 0 Å². The Balaban J connectivity index is 1.84. The molecule has 1 fully saturated rings. The minimum Gasteiger partial charge on any atom is -0.310 e. The van der Waals surface area contributed by atoms with E-state index in [-0.39, 0.29) is 17.5 Å². The first-order valence-corrected chi connectivity index (χ1v) is 8.98. The summed E-state index contributed by atoms with van der Waals surface area (Å²) in [4.78, 5) is 10.3. The Morgan fingerprint density at radius 1 is 1.36 bits per heavy atom. The summed E-state index contributed by atoms with van der Waals surface area (Å²) in [7, 11) is -3.10. The first kappa shape index (κ1) is 16.9. The van der Waals surface area contributed by atoms with E-state index in [4.69, 9.17) is 0 Å². The van der Waals surface area contributed by atoms with Crippen LogP contribution in [0.5, 0.6) is 0 Å². The van der Waals surface area contributed by atoms with Gasteiger partial charge in [-0.1, -0.05) is 12.1 Å². The van der Waals surface area contributed by atoms with Crippen molar-refractivity contribution >= 4 is 15.7 Å². The maximum absolute atomic E-state index is 11.8. The lowest BCUT2D eigenvalue weighted by molar-refractivity contribution is -0.384. The van der Waals surface area contributed by atoms with Gasteiger partial charge in [0.05, 0.1) is 10.7 Å². The van der Waals surface area contributed by atoms with Crippen LogP contribution in [0.4, 0.5) is 5.69 Å². The summed E-state index contributed by atoms with van der Waals surface area (Å²) >= 11 is 0. The quantitative estimate of drug-likeness (QED) is 0.631. The van der Waals surface area contributed by atoms with E-state index in [2.05, 4.69) is 5.32 Å². The second-order valence-corrected chi connectivity index (χ2v) is 7.64. The van der Waals surface area contributed by atoms with Gasteiger partial charge in [-0.05, 0) is 25.3 Å². The summed E-state index contributed by atoms with van der Waals surface area (Å²) in [5.74, 6) is 0.138. The molecule has 0 atom stereocenters. The summed E-state index contributed by atoms with van der Waals surface area (Å²) in [6, 6.07) is 6.78. The largest absolute Gasteiger partial charge is 0.310 e. The van der Waals surface area contributed by atoms with E-state index in [1.165, 1.54) is 6.07 Å². The van der Waals surface area contributed by atoms with Crippen LogP contribution in [0.15, 0.2) is 24.3 Å². The Morgan fingerprint density at radius 3 is 2.64 bits per heavy atom. The van der Waals surface area contributed by atoms with Crippen molar-refractivity contribution in [2.24, 2.45) is 0 Å². The lowest BCUT2D eigenvalue weighted by atomic mass is 10.1. The summed E-state index contributed by atoms with van der Waals surface area (Å²) in [6.07, 6.45) is 1.52. The van der Waals surface area contributed by atoms with Crippen LogP contribution in [0.25, 0.3) is 0 Å². The molecule has 1 aromatic carbocycles. The fourth-order valence-corrected chi connectivity index (χ4v) is 3.70. The predicted molar refractivity (Wildman–Crippen MR) is 84.0 cm³/mol. The van der Waals surface area contributed by atoms with Gasteiger partial charge in [-0.2, -0.15) is 0 Å². The van der Waals surface area contributed by atoms with Crippen LogP contribution >= 0.6 is 0 Å². The maximum Gasteiger partial charge on any atom is 0.269 e. The molecule has 8 heteroatoms. The first-order valence-electron chi connectivity index (χ1n) is 7.37. The molecule has 2 rings (SSSR count). The zero-order valence-corrected chi connectivity index (χ0v) is 13.4. The van der Waals surface area contributed by atoms with E-state index in [0.717, 1.165) is 18.4 Å². The number of hydrogen-bond acceptors (Lipinski definition) is 5. The number of nitro groups is 1. The fraction of sp³-hybridized carbons (Fsp3) is 0.571. The molecule has 0 aromatic heterocycles. The highest BCUT2D eigenvalue weighted by Crippen LogP contribution is 2.16. The van der Waals surface area contributed by atoms with Crippen molar-refractivity contribution < 1.29 is 13.3 Å². The molecular weight excluding hydrogens is 306 g/mol. The third kappa shape index (κ3) is 4.25. The van der Waals surface area contributed by atoms with Crippen LogP contribution in [0.1, 0.15) is 25.3 Å². The van der Waals surface area contributed by atoms with Gasteiger partial charge < -0.3 is 5.32 Å². The second kappa shape index (κ2) is 7.17. The van der Waals surface area contributed by atoms with Gasteiger partial charge in [-0.25, -0.2) is 12.7 Å². The molecule has 0 radical (unpaired) electrons. The van der Waals surface area contributed by atoms with Gasteiger partial charge in [0.2, 0.25) is 10.0 Å². The van der Waals surface area contributed by atoms with Crippen LogP contribution in [0, 0.1) is 10.1 Å². The molecule has 122 valence electrons. The SMILES string of the molecule is CCS(=O)(=O)N1CCC(NCc2cccc([N+](=O)[O-])c2)CC1. The molecule has 0 bridgehead atoms. The molecule has 1 N–H and O–H groups in total. The number of nitrogens with one attached hydrogen (secondary N) is 1. The number of rotatable bonds is 6. The Hall–Kier alpha value is -1.51. The van der Waals surface area contributed by atoms with Crippen LogP contribution < -0.4 is 5.32 Å². The van der Waals surface area contributed by atoms with Gasteiger partial charge >= 0.3 is 0 Å². The van der Waals surface area contributed by atoms with Gasteiger partial charge in [0, 0.05) is 37.8 Å². The van der Waals surface area contributed by atoms with E-state index >= 15 is 0 Å². The Bertz CT molecular complexity index is 625. The standard InChI is InChI=1S/C14H21N3O4S/c1-2-22(20,21)16-8-6-13(7-9-16)15-11-12-4-3-5-14(10-12)17(18)19/h3-5,10,13,15H,2,6-9,11H2,1H3. The molecule has 0 saturated carbocycles. The van der Waals surface area contributed by atoms with Crippen molar-refractivity contribution in [3.05, 3.63) is 39.9 Å². The summed E-state index contributed by atoms with van der Waals surface area (Å²) < 4.78 is 25.1. The molecule has 0 amide bonds. The average Bonchev–Trinajstić information content (AvgIpc) is 2.53. The summed E-state index contributed by atoms with van der Waals surface area (Å²) in [5.41, 5.74) is 0.945. The number of benzene rings is 1. The normalized spacial score (nSPS) is 17.5. The molecule has 1 aliphatic rings. The van der Waals surface area contributed by atoms with Crippen molar-refractivity contribution in [2.75, 3.05) is 18.8 Å².